The lowest BCUT2D eigenvalue weighted by atomic mass is 10.0. The smallest absolute Gasteiger partial charge is 0.319 e. The molecule has 5 aliphatic heterocycles. The van der Waals surface area contributed by atoms with Crippen LogP contribution in [0.5, 0.6) is 0 Å². The number of hydrogen-bond acceptors (Lipinski definition) is 22. The molecule has 14 N–H and O–H groups in total. The quantitative estimate of drug-likeness (QED) is 0.0134. The number of ketones is 5. The molecule has 0 fully saturated rings. The van der Waals surface area contributed by atoms with Crippen LogP contribution in [-0.4, -0.2) is 87.6 Å². The molecule has 27 heteroatoms. The Balaban J connectivity index is 0.426. The molecule has 5 aliphatic rings. The maximum absolute atomic E-state index is 12.7. The normalized spacial score (nSPS) is 14.3. The average molecular weight is 1800 g/mol. The van der Waals surface area contributed by atoms with Gasteiger partial charge in [0.1, 0.15) is 0 Å². The SMILES string of the molecule is Nc1ccc(CCc2ccc(NC3=CC(=O)C(=O)N=C3Nc3ccc(CCc4ccc(NC5=CC(=O)C(=O)N=C5Nc5ccc(CCc6ccc(NC7=CC(=O)C(=O)N=C7Nc7ccc(CCc8ccc(NC9=CC(=O)C(=O)N=C9Nc9ccc(CCc%10ccc(NC%11=CC(=O)C(=O)N=C%11Nc%11ccc(CCc%12ccc(N)cc%12)cc%11)cc%10)cc9)cc8)cc7)cc6)cc5)cc4)cc3)cc2)cc1. The molecule has 5 amide bonds. The highest BCUT2D eigenvalue weighted by Crippen LogP contribution is 2.29. The molecule has 5 heterocycles. The zero-order valence-electron chi connectivity index (χ0n) is 73.6. The molecule has 0 saturated heterocycles. The van der Waals surface area contributed by atoms with Gasteiger partial charge in [0.2, 0.25) is 28.9 Å². The largest absolute Gasteiger partial charge is 0.399 e. The molecule has 0 unspecified atom stereocenters. The summed E-state index contributed by atoms with van der Waals surface area (Å²) in [4.78, 5) is 146. The minimum Gasteiger partial charge on any atom is -0.399 e. The number of aliphatic imine (C=N–C) groups is 5. The van der Waals surface area contributed by atoms with E-state index in [9.17, 15) is 47.9 Å². The fourth-order valence-electron chi connectivity index (χ4n) is 15.5. The van der Waals surface area contributed by atoms with Crippen molar-refractivity contribution in [2.45, 2.75) is 77.0 Å². The first-order valence-corrected chi connectivity index (χ1v) is 44.3. The van der Waals surface area contributed by atoms with Gasteiger partial charge in [0.15, 0.2) is 29.2 Å². The summed E-state index contributed by atoms with van der Waals surface area (Å²) in [6.45, 7) is 0. The topological polar surface area (TPSA) is 405 Å². The van der Waals surface area contributed by atoms with Crippen LogP contribution < -0.4 is 64.6 Å². The molecule has 12 aromatic carbocycles. The molecular weight excluding hydrogens is 1710 g/mol. The van der Waals surface area contributed by atoms with Crippen molar-refractivity contribution in [3.05, 3.63) is 417 Å². The van der Waals surface area contributed by atoms with Crippen LogP contribution in [0.3, 0.4) is 0 Å². The van der Waals surface area contributed by atoms with Crippen LogP contribution >= 0.6 is 0 Å². The Labute approximate surface area is 782 Å². The van der Waals surface area contributed by atoms with Gasteiger partial charge in [-0.3, -0.25) is 47.9 Å². The number of aryl methyl sites for hydroxylation is 12. The summed E-state index contributed by atoms with van der Waals surface area (Å²) < 4.78 is 0. The standard InChI is InChI=1S/C109H91N17O10/c110-78-37-13-66(14-38-78)1-3-68-17-41-80(42-18-68)112-90-61-95(127)106(133)123-101(90)118-86-53-29-74(30-54-86)9-6-70-21-45-82(46-22-70)114-92-63-97(129)108(135)125-103(92)120-88-57-33-76(34-58-88)11-8-72-25-49-84(50-26-72)116-94-65-99(131)109(136)126-104(94)121-89-59-35-77(36-60-89)12-7-71-23-47-83(48-24-71)115-93-64-98(130)107(134)124-102(93)119-87-55-31-75(32-56-87)10-5-69-19-43-81(44-20-69)113-91-62-96(128)105(132)122-100(91)117-85-51-27-73(28-52-85)4-2-67-15-39-79(111)40-16-67/h13-65,112-116H,1-12,110-111H2,(H,117,122,132)(H,118,123,133)(H,119,124,134)(H,120,125,135)(H,121,126,136). The number of amides is 5. The second-order valence-corrected chi connectivity index (χ2v) is 33.1. The van der Waals surface area contributed by atoms with Gasteiger partial charge in [0, 0.05) is 98.6 Å². The first-order valence-electron chi connectivity index (χ1n) is 44.3. The minimum atomic E-state index is -0.896. The average Bonchev–Trinajstić information content (AvgIpc) is 0.833. The number of nitrogens with two attached hydrogens (primary N) is 2. The number of carbonyl (C=O) groups is 10. The van der Waals surface area contributed by atoms with Crippen LogP contribution in [0, 0.1) is 0 Å². The number of anilines is 12. The zero-order chi connectivity index (χ0) is 94.0. The van der Waals surface area contributed by atoms with Crippen molar-refractivity contribution in [3.8, 4) is 0 Å². The predicted octanol–water partition coefficient (Wildman–Crippen LogP) is 16.1. The van der Waals surface area contributed by atoms with E-state index in [4.69, 9.17) is 11.5 Å². The first-order chi connectivity index (χ1) is 66.1. The third kappa shape index (κ3) is 24.2. The van der Waals surface area contributed by atoms with Crippen molar-refractivity contribution in [1.82, 2.24) is 0 Å². The third-order valence-electron chi connectivity index (χ3n) is 23.2. The van der Waals surface area contributed by atoms with Gasteiger partial charge < -0.3 is 64.6 Å². The Morgan fingerprint density at radius 3 is 0.390 bits per heavy atom. The van der Waals surface area contributed by atoms with Crippen molar-refractivity contribution in [2.75, 3.05) is 64.6 Å². The van der Waals surface area contributed by atoms with E-state index in [0.717, 1.165) is 124 Å². The molecule has 0 radical (unpaired) electrons. The van der Waals surface area contributed by atoms with Crippen LogP contribution in [0.2, 0.25) is 0 Å². The Morgan fingerprint density at radius 1 is 0.154 bits per heavy atom. The molecule has 0 aromatic heterocycles. The highest BCUT2D eigenvalue weighted by atomic mass is 16.2. The number of nitrogen functional groups attached to an aromatic ring is 2. The summed E-state index contributed by atoms with van der Waals surface area (Å²) in [5, 5.41) is 32.4. The van der Waals surface area contributed by atoms with Gasteiger partial charge in [-0.25, -0.2) is 0 Å². The second-order valence-electron chi connectivity index (χ2n) is 33.1. The first kappa shape index (κ1) is 89.9. The van der Waals surface area contributed by atoms with E-state index in [2.05, 4.69) is 78.1 Å². The number of nitrogens with one attached hydrogen (secondary N) is 10. The lowest BCUT2D eigenvalue weighted by Gasteiger charge is -2.18. The zero-order valence-corrected chi connectivity index (χ0v) is 73.6. The van der Waals surface area contributed by atoms with Crippen molar-refractivity contribution >= 4 is 156 Å². The van der Waals surface area contributed by atoms with E-state index in [-0.39, 0.29) is 29.2 Å². The minimum absolute atomic E-state index is 0.184. The van der Waals surface area contributed by atoms with Gasteiger partial charge in [-0.2, -0.15) is 25.0 Å². The van der Waals surface area contributed by atoms with Crippen molar-refractivity contribution in [3.63, 3.8) is 0 Å². The molecule has 672 valence electrons. The monoisotopic (exact) mass is 1800 g/mol. The van der Waals surface area contributed by atoms with E-state index in [1.807, 2.05) is 291 Å². The molecule has 0 bridgehead atoms. The molecule has 12 aromatic rings. The van der Waals surface area contributed by atoms with Crippen LogP contribution in [0.25, 0.3) is 0 Å². The van der Waals surface area contributed by atoms with Crippen molar-refractivity contribution < 1.29 is 47.9 Å². The summed E-state index contributed by atoms with van der Waals surface area (Å²) in [5.74, 6) is -7.06. The van der Waals surface area contributed by atoms with E-state index in [1.54, 1.807) is 0 Å². The van der Waals surface area contributed by atoms with E-state index >= 15 is 0 Å². The maximum atomic E-state index is 12.7. The number of rotatable bonds is 33. The molecular formula is C109H91N17O10. The highest BCUT2D eigenvalue weighted by Gasteiger charge is 2.29. The summed E-state index contributed by atoms with van der Waals surface area (Å²) in [6, 6.07) is 93.4. The second kappa shape index (κ2) is 41.8. The lowest BCUT2D eigenvalue weighted by molar-refractivity contribution is -0.133. The van der Waals surface area contributed by atoms with Gasteiger partial charge in [-0.1, -0.05) is 146 Å². The summed E-state index contributed by atoms with van der Waals surface area (Å²) in [6.07, 6.45) is 15.3. The van der Waals surface area contributed by atoms with Gasteiger partial charge in [-0.15, -0.1) is 0 Å². The number of nitrogens with zero attached hydrogens (tertiary/aromatic N) is 5. The van der Waals surface area contributed by atoms with Gasteiger partial charge in [-0.05, 0) is 289 Å². The van der Waals surface area contributed by atoms with Crippen LogP contribution in [0.4, 0.5) is 68.2 Å². The fourth-order valence-corrected chi connectivity index (χ4v) is 15.5. The predicted molar refractivity (Wildman–Crippen MR) is 534 cm³/mol. The molecule has 0 saturated carbocycles. The van der Waals surface area contributed by atoms with E-state index in [0.29, 0.717) is 105 Å². The molecule has 27 nitrogen and oxygen atoms in total. The van der Waals surface area contributed by atoms with Crippen LogP contribution in [0.15, 0.2) is 375 Å². The lowest BCUT2D eigenvalue weighted by Crippen LogP contribution is -2.29. The van der Waals surface area contributed by atoms with E-state index in [1.165, 1.54) is 41.5 Å². The van der Waals surface area contributed by atoms with E-state index < -0.39 is 58.5 Å². The Kier molecular flexibility index (Phi) is 27.7. The molecule has 0 spiro atoms. The highest BCUT2D eigenvalue weighted by molar-refractivity contribution is 6.49. The summed E-state index contributed by atoms with van der Waals surface area (Å²) in [5.41, 5.74) is 34.8. The number of amidine groups is 5. The molecule has 17 rings (SSSR count). The van der Waals surface area contributed by atoms with Crippen molar-refractivity contribution in [1.29, 1.82) is 0 Å². The summed E-state index contributed by atoms with van der Waals surface area (Å²) in [7, 11) is 0. The Hall–Kier alpha value is -18.0. The number of carbonyl (C=O) groups excluding carboxylic acids is 10. The van der Waals surface area contributed by atoms with Crippen LogP contribution in [0.1, 0.15) is 66.8 Å². The number of hydrogen-bond donors (Lipinski definition) is 12. The van der Waals surface area contributed by atoms with Crippen molar-refractivity contribution in [2.24, 2.45) is 25.0 Å². The Bertz CT molecular complexity index is 6500. The molecule has 0 aliphatic carbocycles. The number of benzene rings is 12. The van der Waals surface area contributed by atoms with Crippen LogP contribution in [-0.2, 0) is 125 Å². The van der Waals surface area contributed by atoms with Gasteiger partial charge >= 0.3 is 29.5 Å². The fraction of sp³-hybridized carbons (Fsp3) is 0.110. The van der Waals surface area contributed by atoms with Gasteiger partial charge in [0.25, 0.3) is 0 Å². The maximum Gasteiger partial charge on any atom is 0.319 e. The number of dihydropyridines is 5. The molecule has 136 heavy (non-hydrogen) atoms. The third-order valence-corrected chi connectivity index (χ3v) is 23.2. The van der Waals surface area contributed by atoms with Gasteiger partial charge in [0.05, 0.1) is 28.5 Å². The Morgan fingerprint density at radius 2 is 0.265 bits per heavy atom. The summed E-state index contributed by atoms with van der Waals surface area (Å²) >= 11 is 0. The molecule has 0 atom stereocenters.